The number of nitriles is 1. The van der Waals surface area contributed by atoms with Gasteiger partial charge in [-0.3, -0.25) is 9.59 Å². The zero-order chi connectivity index (χ0) is 18.2. The van der Waals surface area contributed by atoms with Crippen LogP contribution in [-0.4, -0.2) is 25.2 Å². The van der Waals surface area contributed by atoms with Gasteiger partial charge >= 0.3 is 11.9 Å². The van der Waals surface area contributed by atoms with Gasteiger partial charge in [0.15, 0.2) is 0 Å². The molecule has 1 rings (SSSR count). The first-order chi connectivity index (χ1) is 11.3. The fraction of sp³-hybridized carbons (Fsp3) is 0.611. The summed E-state index contributed by atoms with van der Waals surface area (Å²) in [6.45, 7) is 8.34. The summed E-state index contributed by atoms with van der Waals surface area (Å²) in [5, 5.41) is 11.6. The Morgan fingerprint density at radius 3 is 1.96 bits per heavy atom. The molecule has 1 heterocycles. The number of hydrogen-bond donors (Lipinski definition) is 0. The zero-order valence-electron chi connectivity index (χ0n) is 14.7. The summed E-state index contributed by atoms with van der Waals surface area (Å²) in [6, 6.07) is 5.72. The highest BCUT2D eigenvalue weighted by atomic mass is 32.1. The van der Waals surface area contributed by atoms with Crippen molar-refractivity contribution in [1.29, 1.82) is 5.26 Å². The third-order valence-electron chi connectivity index (χ3n) is 3.25. The lowest BCUT2D eigenvalue weighted by atomic mass is 9.81. The second-order valence-electron chi connectivity index (χ2n) is 6.68. The van der Waals surface area contributed by atoms with Gasteiger partial charge in [-0.1, -0.05) is 33.8 Å². The molecule has 0 aliphatic carbocycles. The van der Waals surface area contributed by atoms with Gasteiger partial charge in [0.25, 0.3) is 0 Å². The number of nitrogens with zero attached hydrogens (tertiary/aromatic N) is 1. The van der Waals surface area contributed by atoms with E-state index in [4.69, 9.17) is 9.47 Å². The van der Waals surface area contributed by atoms with Crippen molar-refractivity contribution in [2.24, 2.45) is 11.8 Å². The van der Waals surface area contributed by atoms with Crippen LogP contribution in [0.5, 0.6) is 0 Å². The average Bonchev–Trinajstić information content (AvgIpc) is 3.05. The first-order valence-electron chi connectivity index (χ1n) is 8.05. The highest BCUT2D eigenvalue weighted by molar-refractivity contribution is 7.10. The van der Waals surface area contributed by atoms with Crippen LogP contribution in [0.15, 0.2) is 17.5 Å². The van der Waals surface area contributed by atoms with Gasteiger partial charge in [0.2, 0.25) is 0 Å². The van der Waals surface area contributed by atoms with Crippen LogP contribution in [0, 0.1) is 23.2 Å². The van der Waals surface area contributed by atoms with E-state index in [0.29, 0.717) is 18.1 Å². The van der Waals surface area contributed by atoms with E-state index in [-0.39, 0.29) is 24.7 Å². The predicted octanol–water partition coefficient (Wildman–Crippen LogP) is 3.69. The number of hydrogen-bond acceptors (Lipinski definition) is 6. The van der Waals surface area contributed by atoms with E-state index >= 15 is 0 Å². The Morgan fingerprint density at radius 2 is 1.62 bits per heavy atom. The maximum Gasteiger partial charge on any atom is 0.307 e. The largest absolute Gasteiger partial charge is 0.465 e. The van der Waals surface area contributed by atoms with Gasteiger partial charge in [-0.2, -0.15) is 5.26 Å². The highest BCUT2D eigenvalue weighted by Gasteiger charge is 2.39. The molecular formula is C18H25NO4S. The molecule has 5 nitrogen and oxygen atoms in total. The Labute approximate surface area is 147 Å². The van der Waals surface area contributed by atoms with Gasteiger partial charge in [-0.05, 0) is 23.3 Å². The molecule has 0 bridgehead atoms. The summed E-state index contributed by atoms with van der Waals surface area (Å²) in [7, 11) is 0. The highest BCUT2D eigenvalue weighted by Crippen LogP contribution is 2.35. The van der Waals surface area contributed by atoms with Crippen molar-refractivity contribution >= 4 is 23.3 Å². The van der Waals surface area contributed by atoms with Crippen LogP contribution >= 0.6 is 11.3 Å². The summed E-state index contributed by atoms with van der Waals surface area (Å²) in [4.78, 5) is 25.0. The first kappa shape index (κ1) is 20.2. The predicted molar refractivity (Wildman–Crippen MR) is 92.4 cm³/mol. The smallest absolute Gasteiger partial charge is 0.307 e. The van der Waals surface area contributed by atoms with Crippen molar-refractivity contribution in [1.82, 2.24) is 0 Å². The Hall–Kier alpha value is -1.87. The lowest BCUT2D eigenvalue weighted by Gasteiger charge is -2.24. The van der Waals surface area contributed by atoms with E-state index in [0.717, 1.165) is 0 Å². The van der Waals surface area contributed by atoms with Crippen LogP contribution in [0.2, 0.25) is 0 Å². The SMILES string of the molecule is CC(C)COC(=O)CC(C#N)(CC(=O)OCC(C)C)c1cccs1. The van der Waals surface area contributed by atoms with Gasteiger partial charge in [0, 0.05) is 4.88 Å². The maximum atomic E-state index is 12.1. The van der Waals surface area contributed by atoms with Crippen LogP contribution in [0.4, 0.5) is 0 Å². The minimum atomic E-state index is -1.24. The summed E-state index contributed by atoms with van der Waals surface area (Å²) in [5.74, 6) is -0.531. The zero-order valence-corrected chi connectivity index (χ0v) is 15.5. The van der Waals surface area contributed by atoms with Crippen LogP contribution in [0.25, 0.3) is 0 Å². The Kier molecular flexibility index (Phi) is 7.93. The topological polar surface area (TPSA) is 76.4 Å². The second kappa shape index (κ2) is 9.43. The molecule has 0 unspecified atom stereocenters. The van der Waals surface area contributed by atoms with Gasteiger partial charge in [-0.25, -0.2) is 0 Å². The second-order valence-corrected chi connectivity index (χ2v) is 7.63. The van der Waals surface area contributed by atoms with Crippen LogP contribution in [0.1, 0.15) is 45.4 Å². The fourth-order valence-corrected chi connectivity index (χ4v) is 2.91. The van der Waals surface area contributed by atoms with Crippen LogP contribution in [0.3, 0.4) is 0 Å². The van der Waals surface area contributed by atoms with Crippen molar-refractivity contribution in [3.8, 4) is 6.07 Å². The molecule has 0 atom stereocenters. The van der Waals surface area contributed by atoms with Gasteiger partial charge in [0.1, 0.15) is 5.41 Å². The molecule has 0 saturated carbocycles. The molecular weight excluding hydrogens is 326 g/mol. The molecule has 0 spiro atoms. The molecule has 1 aromatic rings. The molecule has 0 fully saturated rings. The van der Waals surface area contributed by atoms with E-state index in [1.165, 1.54) is 11.3 Å². The molecule has 0 aliphatic heterocycles. The minimum absolute atomic E-state index is 0.159. The first-order valence-corrected chi connectivity index (χ1v) is 8.93. The summed E-state index contributed by atoms with van der Waals surface area (Å²) >= 11 is 1.35. The third kappa shape index (κ3) is 6.32. The van der Waals surface area contributed by atoms with Crippen molar-refractivity contribution in [3.63, 3.8) is 0 Å². The van der Waals surface area contributed by atoms with Crippen molar-refractivity contribution in [2.45, 2.75) is 46.0 Å². The molecule has 0 saturated heterocycles. The molecule has 24 heavy (non-hydrogen) atoms. The number of ether oxygens (including phenoxy) is 2. The van der Waals surface area contributed by atoms with E-state index in [1.54, 1.807) is 12.1 Å². The Balaban J connectivity index is 2.90. The molecule has 6 heteroatoms. The third-order valence-corrected chi connectivity index (χ3v) is 4.33. The van der Waals surface area contributed by atoms with E-state index in [9.17, 15) is 14.9 Å². The van der Waals surface area contributed by atoms with E-state index in [1.807, 2.05) is 33.1 Å². The number of rotatable bonds is 9. The molecule has 0 radical (unpaired) electrons. The molecule has 0 aromatic carbocycles. The number of carbonyl (C=O) groups is 2. The van der Waals surface area contributed by atoms with E-state index < -0.39 is 17.4 Å². The molecule has 0 aliphatic rings. The lowest BCUT2D eigenvalue weighted by molar-refractivity contribution is -0.148. The van der Waals surface area contributed by atoms with Gasteiger partial charge in [-0.15, -0.1) is 11.3 Å². The summed E-state index contributed by atoms with van der Waals surface area (Å²) in [6.07, 6.45) is -0.318. The van der Waals surface area contributed by atoms with Crippen molar-refractivity contribution < 1.29 is 19.1 Å². The van der Waals surface area contributed by atoms with E-state index in [2.05, 4.69) is 6.07 Å². The minimum Gasteiger partial charge on any atom is -0.465 e. The standard InChI is InChI=1S/C18H25NO4S/c1-13(2)10-22-16(20)8-18(12-19,15-6-5-7-24-15)9-17(21)23-11-14(3)4/h5-7,13-14H,8-11H2,1-4H3. The summed E-state index contributed by atoms with van der Waals surface area (Å²) < 4.78 is 10.4. The Bertz CT molecular complexity index is 546. The number of esters is 2. The van der Waals surface area contributed by atoms with Crippen molar-refractivity contribution in [3.05, 3.63) is 22.4 Å². The normalized spacial score (nSPS) is 11.4. The van der Waals surface area contributed by atoms with Crippen molar-refractivity contribution in [2.75, 3.05) is 13.2 Å². The molecule has 0 amide bonds. The van der Waals surface area contributed by atoms with Crippen LogP contribution < -0.4 is 0 Å². The van der Waals surface area contributed by atoms with Gasteiger partial charge in [0.05, 0.1) is 32.1 Å². The van der Waals surface area contributed by atoms with Gasteiger partial charge < -0.3 is 9.47 Å². The van der Waals surface area contributed by atoms with Crippen LogP contribution in [-0.2, 0) is 24.5 Å². The molecule has 132 valence electrons. The average molecular weight is 351 g/mol. The monoisotopic (exact) mass is 351 g/mol. The maximum absolute atomic E-state index is 12.1. The molecule has 0 N–H and O–H groups in total. The quantitative estimate of drug-likeness (QED) is 0.634. The summed E-state index contributed by atoms with van der Waals surface area (Å²) in [5.41, 5.74) is -1.24. The Morgan fingerprint density at radius 1 is 1.12 bits per heavy atom. The molecule has 1 aromatic heterocycles. The lowest BCUT2D eigenvalue weighted by Crippen LogP contribution is -2.32. The fourth-order valence-electron chi connectivity index (χ4n) is 2.04. The number of thiophene rings is 1. The number of carbonyl (C=O) groups excluding carboxylic acids is 2.